The van der Waals surface area contributed by atoms with Crippen molar-refractivity contribution in [2.45, 2.75) is 44.8 Å². The molecule has 7 heteroatoms. The van der Waals surface area contributed by atoms with Crippen LogP contribution in [0, 0.1) is 0 Å². The molecule has 0 radical (unpaired) electrons. The van der Waals surface area contributed by atoms with E-state index in [2.05, 4.69) is 0 Å². The van der Waals surface area contributed by atoms with Crippen LogP contribution in [0.15, 0.2) is 41.8 Å². The molecule has 0 atom stereocenters. The highest BCUT2D eigenvalue weighted by atomic mass is 32.1. The highest BCUT2D eigenvalue weighted by Crippen LogP contribution is 2.31. The molecule has 0 unspecified atom stereocenters. The number of ether oxygens (including phenoxy) is 1. The molecule has 148 valence electrons. The molecule has 0 saturated heterocycles. The van der Waals surface area contributed by atoms with Crippen molar-refractivity contribution in [3.8, 4) is 0 Å². The van der Waals surface area contributed by atoms with Gasteiger partial charge in [0.25, 0.3) is 0 Å². The molecule has 2 N–H and O–H groups in total. The average molecular weight is 407 g/mol. The highest BCUT2D eigenvalue weighted by molar-refractivity contribution is 7.09. The molecule has 3 aromatic heterocycles. The number of anilines is 1. The molecular weight excluding hydrogens is 384 g/mol. The van der Waals surface area contributed by atoms with Crippen molar-refractivity contribution in [2.75, 3.05) is 5.73 Å². The van der Waals surface area contributed by atoms with Gasteiger partial charge >= 0.3 is 5.97 Å². The number of carbonyl (C=O) groups excluding carboxylic acids is 1. The molecule has 0 spiro atoms. The summed E-state index contributed by atoms with van der Waals surface area (Å²) in [6.07, 6.45) is 5.17. The van der Waals surface area contributed by atoms with E-state index in [0.29, 0.717) is 29.1 Å². The largest absolute Gasteiger partial charge is 0.459 e. The van der Waals surface area contributed by atoms with E-state index in [1.54, 1.807) is 11.3 Å². The maximum Gasteiger partial charge on any atom is 0.344 e. The first-order valence-corrected chi connectivity index (χ1v) is 10.9. The van der Waals surface area contributed by atoms with E-state index in [9.17, 15) is 4.79 Å². The Morgan fingerprint density at radius 2 is 1.86 bits per heavy atom. The first-order valence-electron chi connectivity index (χ1n) is 9.98. The van der Waals surface area contributed by atoms with Gasteiger partial charge in [0.15, 0.2) is 5.65 Å². The van der Waals surface area contributed by atoms with Gasteiger partial charge in [0.1, 0.15) is 23.0 Å². The first kappa shape index (κ1) is 18.1. The third-order valence-electron chi connectivity index (χ3n) is 5.52. The quantitative estimate of drug-likeness (QED) is 0.494. The standard InChI is InChI=1S/C22H22N4O2S/c23-20-18(22(27)28-14-7-2-1-3-8-14)19-21(26(20)13-15-9-6-12-29-15)25-17-11-5-4-10-16(17)24-19/h4-6,9-12,14H,1-3,7-8,13,23H2. The molecule has 5 rings (SSSR count). The van der Waals surface area contributed by atoms with Crippen LogP contribution in [0.3, 0.4) is 0 Å². The predicted octanol–water partition coefficient (Wildman–Crippen LogP) is 4.77. The molecule has 1 aromatic carbocycles. The van der Waals surface area contributed by atoms with Crippen molar-refractivity contribution >= 4 is 45.3 Å². The van der Waals surface area contributed by atoms with Crippen molar-refractivity contribution in [3.63, 3.8) is 0 Å². The molecule has 1 aliphatic rings. The lowest BCUT2D eigenvalue weighted by atomic mass is 9.98. The Morgan fingerprint density at radius 3 is 2.59 bits per heavy atom. The molecule has 3 heterocycles. The molecule has 0 amide bonds. The Balaban J connectivity index is 1.64. The maximum absolute atomic E-state index is 13.1. The Bertz CT molecular complexity index is 1180. The van der Waals surface area contributed by atoms with E-state index in [-0.39, 0.29) is 6.10 Å². The van der Waals surface area contributed by atoms with E-state index in [0.717, 1.165) is 41.6 Å². The number of hydrogen-bond acceptors (Lipinski definition) is 6. The number of rotatable bonds is 4. The highest BCUT2D eigenvalue weighted by Gasteiger charge is 2.27. The van der Waals surface area contributed by atoms with E-state index in [1.807, 2.05) is 46.3 Å². The topological polar surface area (TPSA) is 83.0 Å². The van der Waals surface area contributed by atoms with Crippen molar-refractivity contribution in [1.82, 2.24) is 14.5 Å². The SMILES string of the molecule is Nc1c(C(=O)OC2CCCCC2)c2nc3ccccc3nc2n1Cc1cccs1. The summed E-state index contributed by atoms with van der Waals surface area (Å²) in [6.45, 7) is 0.545. The van der Waals surface area contributed by atoms with Gasteiger partial charge in [-0.25, -0.2) is 14.8 Å². The third-order valence-corrected chi connectivity index (χ3v) is 6.38. The van der Waals surface area contributed by atoms with Crippen LogP contribution in [-0.2, 0) is 11.3 Å². The minimum atomic E-state index is -0.395. The number of fused-ring (bicyclic) bond motifs is 2. The van der Waals surface area contributed by atoms with Crippen LogP contribution in [0.4, 0.5) is 5.82 Å². The van der Waals surface area contributed by atoms with E-state index < -0.39 is 5.97 Å². The van der Waals surface area contributed by atoms with Gasteiger partial charge in [-0.1, -0.05) is 24.6 Å². The fraction of sp³-hybridized carbons (Fsp3) is 0.318. The van der Waals surface area contributed by atoms with Gasteiger partial charge < -0.3 is 15.0 Å². The zero-order valence-corrected chi connectivity index (χ0v) is 16.8. The number of esters is 1. The summed E-state index contributed by atoms with van der Waals surface area (Å²) >= 11 is 1.64. The number of benzene rings is 1. The lowest BCUT2D eigenvalue weighted by Crippen LogP contribution is -2.21. The van der Waals surface area contributed by atoms with E-state index >= 15 is 0 Å². The van der Waals surface area contributed by atoms with Gasteiger partial charge in [-0.2, -0.15) is 0 Å². The van der Waals surface area contributed by atoms with Crippen molar-refractivity contribution in [1.29, 1.82) is 0 Å². The van der Waals surface area contributed by atoms with Gasteiger partial charge in [0, 0.05) is 4.88 Å². The number of aromatic nitrogens is 3. The molecule has 6 nitrogen and oxygen atoms in total. The number of carbonyl (C=O) groups is 1. The second-order valence-electron chi connectivity index (χ2n) is 7.48. The summed E-state index contributed by atoms with van der Waals surface area (Å²) in [6, 6.07) is 11.7. The predicted molar refractivity (Wildman–Crippen MR) is 115 cm³/mol. The van der Waals surface area contributed by atoms with Crippen molar-refractivity contribution in [2.24, 2.45) is 0 Å². The summed E-state index contributed by atoms with van der Waals surface area (Å²) in [5.74, 6) is -0.0292. The van der Waals surface area contributed by atoms with Crippen LogP contribution in [0.1, 0.15) is 47.3 Å². The van der Waals surface area contributed by atoms with Crippen molar-refractivity contribution in [3.05, 3.63) is 52.2 Å². The molecular formula is C22H22N4O2S. The van der Waals surface area contributed by atoms with Crippen LogP contribution in [0.5, 0.6) is 0 Å². The molecule has 0 aliphatic heterocycles. The van der Waals surface area contributed by atoms with Crippen LogP contribution < -0.4 is 5.73 Å². The molecule has 1 saturated carbocycles. The van der Waals surface area contributed by atoms with Crippen LogP contribution in [0.25, 0.3) is 22.2 Å². The maximum atomic E-state index is 13.1. The summed E-state index contributed by atoms with van der Waals surface area (Å²) in [5, 5.41) is 2.02. The number of thiophene rings is 1. The summed E-state index contributed by atoms with van der Waals surface area (Å²) in [7, 11) is 0. The summed E-state index contributed by atoms with van der Waals surface area (Å²) in [5.41, 5.74) is 9.46. The third kappa shape index (κ3) is 3.35. The Labute approximate surface area is 172 Å². The fourth-order valence-corrected chi connectivity index (χ4v) is 4.72. The van der Waals surface area contributed by atoms with Gasteiger partial charge in [-0.3, -0.25) is 0 Å². The van der Waals surface area contributed by atoms with Gasteiger partial charge in [-0.05, 0) is 49.3 Å². The van der Waals surface area contributed by atoms with E-state index in [4.69, 9.17) is 20.4 Å². The first-order chi connectivity index (χ1) is 14.2. The Kier molecular flexibility index (Phi) is 4.67. The smallest absolute Gasteiger partial charge is 0.344 e. The van der Waals surface area contributed by atoms with Crippen LogP contribution in [-0.4, -0.2) is 26.6 Å². The Hall–Kier alpha value is -2.93. The number of para-hydroxylation sites is 2. The normalized spacial score (nSPS) is 15.2. The number of nitrogen functional groups attached to an aromatic ring is 1. The lowest BCUT2D eigenvalue weighted by Gasteiger charge is -2.21. The lowest BCUT2D eigenvalue weighted by molar-refractivity contribution is 0.0214. The molecule has 29 heavy (non-hydrogen) atoms. The van der Waals surface area contributed by atoms with Gasteiger partial charge in [0.05, 0.1) is 17.6 Å². The van der Waals surface area contributed by atoms with Crippen LogP contribution >= 0.6 is 11.3 Å². The molecule has 1 fully saturated rings. The molecule has 1 aliphatic carbocycles. The van der Waals surface area contributed by atoms with Crippen LogP contribution in [0.2, 0.25) is 0 Å². The van der Waals surface area contributed by atoms with Gasteiger partial charge in [0.2, 0.25) is 0 Å². The zero-order valence-electron chi connectivity index (χ0n) is 16.0. The molecule has 4 aromatic rings. The van der Waals surface area contributed by atoms with Crippen molar-refractivity contribution < 1.29 is 9.53 Å². The Morgan fingerprint density at radius 1 is 1.10 bits per heavy atom. The molecule has 0 bridgehead atoms. The fourth-order valence-electron chi connectivity index (χ4n) is 4.03. The number of hydrogen-bond donors (Lipinski definition) is 1. The summed E-state index contributed by atoms with van der Waals surface area (Å²) < 4.78 is 7.70. The monoisotopic (exact) mass is 406 g/mol. The second kappa shape index (κ2) is 7.48. The van der Waals surface area contributed by atoms with E-state index in [1.165, 1.54) is 6.42 Å². The minimum Gasteiger partial charge on any atom is -0.459 e. The average Bonchev–Trinajstić information content (AvgIpc) is 3.34. The minimum absolute atomic E-state index is 0.0419. The summed E-state index contributed by atoms with van der Waals surface area (Å²) in [4.78, 5) is 23.8. The van der Waals surface area contributed by atoms with Gasteiger partial charge in [-0.15, -0.1) is 11.3 Å². The number of nitrogens with two attached hydrogens (primary N) is 1. The zero-order chi connectivity index (χ0) is 19.8. The second-order valence-corrected chi connectivity index (χ2v) is 8.51. The number of nitrogens with zero attached hydrogens (tertiary/aromatic N) is 3.